The zero-order valence-electron chi connectivity index (χ0n) is 10.8. The third-order valence-electron chi connectivity index (χ3n) is 2.77. The van der Waals surface area contributed by atoms with E-state index in [1.807, 2.05) is 0 Å². The highest BCUT2D eigenvalue weighted by atomic mass is 32.1. The van der Waals surface area contributed by atoms with E-state index in [0.29, 0.717) is 11.3 Å². The number of carbonyl (C=O) groups is 2. The molecule has 1 aromatic heterocycles. The Morgan fingerprint density at radius 3 is 2.60 bits per heavy atom. The summed E-state index contributed by atoms with van der Waals surface area (Å²) >= 11 is 0.910. The van der Waals surface area contributed by atoms with Gasteiger partial charge in [-0.2, -0.15) is 4.37 Å². The molecule has 104 valence electrons. The summed E-state index contributed by atoms with van der Waals surface area (Å²) < 4.78 is 3.91. The van der Waals surface area contributed by atoms with Crippen molar-refractivity contribution in [3.8, 4) is 5.75 Å². The highest BCUT2D eigenvalue weighted by molar-refractivity contribution is 7.11. The van der Waals surface area contributed by atoms with Crippen molar-refractivity contribution in [3.63, 3.8) is 0 Å². The van der Waals surface area contributed by atoms with Crippen LogP contribution in [0.4, 0.5) is 5.00 Å². The maximum absolute atomic E-state index is 12.0. The predicted octanol–water partition coefficient (Wildman–Crippen LogP) is 2.42. The molecule has 20 heavy (non-hydrogen) atoms. The van der Waals surface area contributed by atoms with Gasteiger partial charge in [-0.1, -0.05) is 6.07 Å². The quantitative estimate of drug-likeness (QED) is 0.806. The Bertz CT molecular complexity index is 694. The van der Waals surface area contributed by atoms with Gasteiger partial charge in [-0.3, -0.25) is 4.79 Å². The van der Waals surface area contributed by atoms with Gasteiger partial charge in [-0.15, -0.1) is 0 Å². The summed E-state index contributed by atoms with van der Waals surface area (Å²) in [6.07, 6.45) is 0. The van der Waals surface area contributed by atoms with Crippen LogP contribution in [0.5, 0.6) is 5.75 Å². The van der Waals surface area contributed by atoms with Crippen LogP contribution >= 0.6 is 11.5 Å². The van der Waals surface area contributed by atoms with Gasteiger partial charge >= 0.3 is 5.97 Å². The molecule has 1 aromatic carbocycles. The number of aromatic hydroxyl groups is 1. The molecule has 0 aliphatic rings. The van der Waals surface area contributed by atoms with Gasteiger partial charge in [-0.05, 0) is 43.1 Å². The highest BCUT2D eigenvalue weighted by Crippen LogP contribution is 2.25. The Balaban J connectivity index is 2.28. The van der Waals surface area contributed by atoms with Crippen LogP contribution in [0.15, 0.2) is 18.2 Å². The molecule has 0 radical (unpaired) electrons. The average molecular weight is 292 g/mol. The maximum Gasteiger partial charge on any atom is 0.340 e. The van der Waals surface area contributed by atoms with Crippen molar-refractivity contribution in [1.82, 2.24) is 4.37 Å². The fourth-order valence-corrected chi connectivity index (χ4v) is 2.42. The Labute approximate surface area is 118 Å². The number of aromatic carboxylic acids is 1. The minimum atomic E-state index is -1.14. The number of phenols is 1. The number of carboxylic acid groups (broad SMARTS) is 1. The number of benzene rings is 1. The van der Waals surface area contributed by atoms with Crippen molar-refractivity contribution in [3.05, 3.63) is 40.6 Å². The van der Waals surface area contributed by atoms with E-state index in [0.717, 1.165) is 11.5 Å². The minimum absolute atomic E-state index is 0.0107. The fraction of sp³-hybridized carbons (Fsp3) is 0.154. The van der Waals surface area contributed by atoms with E-state index >= 15 is 0 Å². The van der Waals surface area contributed by atoms with Crippen LogP contribution in [0, 0.1) is 13.8 Å². The number of phenolic OH excluding ortho intramolecular Hbond substituents is 1. The summed E-state index contributed by atoms with van der Waals surface area (Å²) in [5, 5.41) is 21.3. The molecule has 0 saturated carbocycles. The first-order valence-electron chi connectivity index (χ1n) is 5.70. The van der Waals surface area contributed by atoms with Gasteiger partial charge < -0.3 is 15.5 Å². The number of nitrogens with zero attached hydrogens (tertiary/aromatic N) is 1. The SMILES string of the molecule is Cc1ccc(C(=O)Nc2snc(C)c2C(=O)O)cc1O. The van der Waals surface area contributed by atoms with Gasteiger partial charge in [0.15, 0.2) is 0 Å². The van der Waals surface area contributed by atoms with Gasteiger partial charge in [0, 0.05) is 5.56 Å². The molecule has 2 aromatic rings. The van der Waals surface area contributed by atoms with Crippen LogP contribution in [0.25, 0.3) is 0 Å². The van der Waals surface area contributed by atoms with Crippen LogP contribution in [-0.2, 0) is 0 Å². The average Bonchev–Trinajstić information content (AvgIpc) is 2.73. The zero-order valence-corrected chi connectivity index (χ0v) is 11.6. The van der Waals surface area contributed by atoms with Gasteiger partial charge in [0.1, 0.15) is 16.3 Å². The molecule has 3 N–H and O–H groups in total. The highest BCUT2D eigenvalue weighted by Gasteiger charge is 2.20. The van der Waals surface area contributed by atoms with Gasteiger partial charge in [0.2, 0.25) is 0 Å². The third kappa shape index (κ3) is 2.62. The molecule has 0 atom stereocenters. The molecule has 0 spiro atoms. The third-order valence-corrected chi connectivity index (χ3v) is 3.63. The molecular weight excluding hydrogens is 280 g/mol. The standard InChI is InChI=1S/C13H12N2O4S/c1-6-3-4-8(5-9(6)16)11(17)14-12-10(13(18)19)7(2)15-20-12/h3-5,16H,1-2H3,(H,14,17)(H,18,19). The summed E-state index contributed by atoms with van der Waals surface area (Å²) in [7, 11) is 0. The molecule has 0 saturated heterocycles. The second kappa shape index (κ2) is 5.30. The van der Waals surface area contributed by atoms with Gasteiger partial charge in [-0.25, -0.2) is 4.79 Å². The van der Waals surface area contributed by atoms with E-state index in [4.69, 9.17) is 5.11 Å². The van der Waals surface area contributed by atoms with Crippen LogP contribution in [0.1, 0.15) is 32.0 Å². The summed E-state index contributed by atoms with van der Waals surface area (Å²) in [5.74, 6) is -1.62. The second-order valence-corrected chi connectivity index (χ2v) is 5.01. The number of carbonyl (C=O) groups excluding carboxylic acids is 1. The zero-order chi connectivity index (χ0) is 14.9. The molecule has 0 bridgehead atoms. The first-order chi connectivity index (χ1) is 9.40. The molecule has 0 aliphatic carbocycles. The van der Waals surface area contributed by atoms with Crippen LogP contribution in [0.2, 0.25) is 0 Å². The Morgan fingerprint density at radius 1 is 1.30 bits per heavy atom. The first kappa shape index (κ1) is 14.0. The largest absolute Gasteiger partial charge is 0.508 e. The lowest BCUT2D eigenvalue weighted by Gasteiger charge is -2.05. The molecule has 0 unspecified atom stereocenters. The van der Waals surface area contributed by atoms with Crippen molar-refractivity contribution in [1.29, 1.82) is 0 Å². The number of amides is 1. The van der Waals surface area contributed by atoms with Crippen LogP contribution in [-0.4, -0.2) is 26.5 Å². The van der Waals surface area contributed by atoms with Crippen LogP contribution < -0.4 is 5.32 Å². The fourth-order valence-electron chi connectivity index (χ4n) is 1.63. The Hall–Kier alpha value is -2.41. The summed E-state index contributed by atoms with van der Waals surface area (Å²) in [5.41, 5.74) is 1.24. The number of hydrogen-bond donors (Lipinski definition) is 3. The monoisotopic (exact) mass is 292 g/mol. The number of aromatic nitrogens is 1. The number of nitrogens with one attached hydrogen (secondary N) is 1. The lowest BCUT2D eigenvalue weighted by molar-refractivity contribution is 0.0697. The molecular formula is C13H12N2O4S. The normalized spacial score (nSPS) is 10.3. The minimum Gasteiger partial charge on any atom is -0.508 e. The van der Waals surface area contributed by atoms with E-state index in [1.165, 1.54) is 6.07 Å². The molecule has 0 fully saturated rings. The molecule has 1 amide bonds. The molecule has 0 aliphatic heterocycles. The van der Waals surface area contributed by atoms with Crippen molar-refractivity contribution < 1.29 is 19.8 Å². The summed E-state index contributed by atoms with van der Waals surface area (Å²) in [6.45, 7) is 3.28. The number of rotatable bonds is 3. The molecule has 1 heterocycles. The smallest absolute Gasteiger partial charge is 0.340 e. The number of anilines is 1. The van der Waals surface area contributed by atoms with E-state index in [-0.39, 0.29) is 21.9 Å². The van der Waals surface area contributed by atoms with Crippen molar-refractivity contribution >= 4 is 28.4 Å². The topological polar surface area (TPSA) is 99.5 Å². The molecule has 2 rings (SSSR count). The van der Waals surface area contributed by atoms with Crippen LogP contribution in [0.3, 0.4) is 0 Å². The summed E-state index contributed by atoms with van der Waals surface area (Å²) in [4.78, 5) is 23.1. The Morgan fingerprint density at radius 2 is 2.00 bits per heavy atom. The van der Waals surface area contributed by atoms with Crippen molar-refractivity contribution in [2.75, 3.05) is 5.32 Å². The maximum atomic E-state index is 12.0. The lowest BCUT2D eigenvalue weighted by atomic mass is 10.1. The lowest BCUT2D eigenvalue weighted by Crippen LogP contribution is -2.13. The molecule has 7 heteroatoms. The molecule has 6 nitrogen and oxygen atoms in total. The first-order valence-corrected chi connectivity index (χ1v) is 6.48. The van der Waals surface area contributed by atoms with E-state index in [2.05, 4.69) is 9.69 Å². The second-order valence-electron chi connectivity index (χ2n) is 4.23. The van der Waals surface area contributed by atoms with Crippen molar-refractivity contribution in [2.24, 2.45) is 0 Å². The Kier molecular flexibility index (Phi) is 3.71. The number of carboxylic acids is 1. The van der Waals surface area contributed by atoms with E-state index in [9.17, 15) is 14.7 Å². The summed E-state index contributed by atoms with van der Waals surface area (Å²) in [6, 6.07) is 4.50. The number of aryl methyl sites for hydroxylation is 2. The van der Waals surface area contributed by atoms with Crippen molar-refractivity contribution in [2.45, 2.75) is 13.8 Å². The van der Waals surface area contributed by atoms with E-state index in [1.54, 1.807) is 26.0 Å². The van der Waals surface area contributed by atoms with E-state index < -0.39 is 11.9 Å². The predicted molar refractivity (Wildman–Crippen MR) is 74.6 cm³/mol. The number of hydrogen-bond acceptors (Lipinski definition) is 5. The van der Waals surface area contributed by atoms with Gasteiger partial charge in [0.25, 0.3) is 5.91 Å². The van der Waals surface area contributed by atoms with Gasteiger partial charge in [0.05, 0.1) is 5.69 Å².